The van der Waals surface area contributed by atoms with Gasteiger partial charge in [0.05, 0.1) is 35.9 Å². The second kappa shape index (κ2) is 12.1. The molecule has 0 bridgehead atoms. The molecule has 1 aliphatic heterocycles. The summed E-state index contributed by atoms with van der Waals surface area (Å²) in [5.74, 6) is -2.73. The van der Waals surface area contributed by atoms with Gasteiger partial charge < -0.3 is 19.5 Å². The summed E-state index contributed by atoms with van der Waals surface area (Å²) in [5.41, 5.74) is -1.02. The average molecular weight is 591 g/mol. The largest absolute Gasteiger partial charge is 0.481 e. The van der Waals surface area contributed by atoms with Crippen LogP contribution in [0.4, 0.5) is 0 Å². The van der Waals surface area contributed by atoms with Crippen LogP contribution in [0, 0.1) is 22.7 Å². The van der Waals surface area contributed by atoms with E-state index in [-0.39, 0.29) is 49.5 Å². The van der Waals surface area contributed by atoms with Crippen molar-refractivity contribution >= 4 is 34.5 Å². The highest BCUT2D eigenvalue weighted by Crippen LogP contribution is 2.56. The van der Waals surface area contributed by atoms with Gasteiger partial charge in [-0.15, -0.1) is 6.58 Å². The van der Waals surface area contributed by atoms with Gasteiger partial charge in [0.25, 0.3) is 0 Å². The van der Waals surface area contributed by atoms with E-state index in [0.29, 0.717) is 12.3 Å². The highest BCUT2D eigenvalue weighted by atomic mass is 16.5. The van der Waals surface area contributed by atoms with Crippen LogP contribution in [0.1, 0.15) is 72.1 Å². The number of likely N-dealkylation sites (tertiary alicyclic amines) is 1. The average Bonchev–Trinajstić information content (AvgIpc) is 3.23. The zero-order valence-corrected chi connectivity index (χ0v) is 25.3. The number of para-hydroxylation sites is 1. The summed E-state index contributed by atoms with van der Waals surface area (Å²) in [4.78, 5) is 59.3. The van der Waals surface area contributed by atoms with E-state index in [1.54, 1.807) is 12.1 Å². The molecule has 1 saturated heterocycles. The fourth-order valence-corrected chi connectivity index (χ4v) is 6.68. The number of carboxylic acids is 1. The Kier molecular flexibility index (Phi) is 8.63. The molecule has 1 amide bonds. The number of aromatic nitrogens is 1. The van der Waals surface area contributed by atoms with Crippen molar-refractivity contribution in [2.24, 2.45) is 22.7 Å². The molecule has 1 N–H and O–H groups in total. The van der Waals surface area contributed by atoms with Crippen LogP contribution in [0.3, 0.4) is 0 Å². The Morgan fingerprint density at radius 1 is 1.12 bits per heavy atom. The van der Waals surface area contributed by atoms with Gasteiger partial charge in [-0.2, -0.15) is 0 Å². The van der Waals surface area contributed by atoms with Gasteiger partial charge in [0.15, 0.2) is 5.78 Å². The van der Waals surface area contributed by atoms with Crippen molar-refractivity contribution in [2.45, 2.75) is 90.4 Å². The number of carbonyl (C=O) groups is 4. The minimum atomic E-state index is -1.19. The molecule has 1 aromatic heterocycles. The van der Waals surface area contributed by atoms with Crippen molar-refractivity contribution in [1.29, 1.82) is 0 Å². The second-order valence-corrected chi connectivity index (χ2v) is 13.5. The predicted molar refractivity (Wildman–Crippen MR) is 160 cm³/mol. The van der Waals surface area contributed by atoms with E-state index >= 15 is 0 Å². The number of fused-ring (bicyclic) bond motifs is 1. The first kappa shape index (κ1) is 30.7. The summed E-state index contributed by atoms with van der Waals surface area (Å²) >= 11 is 0. The molecule has 2 aromatic rings. The Morgan fingerprint density at radius 2 is 1.84 bits per heavy atom. The summed E-state index contributed by atoms with van der Waals surface area (Å²) in [6.07, 6.45) is 4.92. The Morgan fingerprint density at radius 3 is 2.49 bits per heavy atom. The molecule has 9 nitrogen and oxygen atoms in total. The molecule has 9 heteroatoms. The highest BCUT2D eigenvalue weighted by molar-refractivity contribution is 5.95. The molecule has 0 spiro atoms. The molecule has 5 atom stereocenters. The maximum atomic E-state index is 14.3. The van der Waals surface area contributed by atoms with Gasteiger partial charge in [-0.1, -0.05) is 45.0 Å². The van der Waals surface area contributed by atoms with Crippen molar-refractivity contribution in [2.75, 3.05) is 6.54 Å². The van der Waals surface area contributed by atoms with Crippen LogP contribution in [0.2, 0.25) is 0 Å². The predicted octanol–water partition coefficient (Wildman–Crippen LogP) is 5.36. The summed E-state index contributed by atoms with van der Waals surface area (Å²) in [6.45, 7) is 9.56. The van der Waals surface area contributed by atoms with Gasteiger partial charge in [0.2, 0.25) is 11.8 Å². The third-order valence-corrected chi connectivity index (χ3v) is 9.43. The maximum Gasteiger partial charge on any atom is 0.310 e. The van der Waals surface area contributed by atoms with Gasteiger partial charge in [0, 0.05) is 24.3 Å². The first-order valence-electron chi connectivity index (χ1n) is 15.3. The van der Waals surface area contributed by atoms with Crippen LogP contribution in [0.25, 0.3) is 10.9 Å². The Labute approximate surface area is 252 Å². The molecule has 1 aromatic carbocycles. The number of ketones is 1. The molecule has 2 aliphatic carbocycles. The number of Topliss-reactive ketones (excluding diaryl/α,β-unsaturated/α-hetero) is 1. The number of benzene rings is 1. The lowest BCUT2D eigenvalue weighted by molar-refractivity contribution is -0.156. The van der Waals surface area contributed by atoms with Crippen molar-refractivity contribution < 1.29 is 33.8 Å². The number of ether oxygens (including phenoxy) is 2. The third kappa shape index (κ3) is 6.60. The lowest BCUT2D eigenvalue weighted by Gasteiger charge is -2.35. The van der Waals surface area contributed by atoms with Gasteiger partial charge in [0.1, 0.15) is 12.2 Å². The first-order chi connectivity index (χ1) is 20.4. The first-order valence-corrected chi connectivity index (χ1v) is 15.3. The van der Waals surface area contributed by atoms with Crippen molar-refractivity contribution in [1.82, 2.24) is 9.88 Å². The minimum Gasteiger partial charge on any atom is -0.481 e. The number of hydrogen-bond acceptors (Lipinski definition) is 7. The number of esters is 1. The van der Waals surface area contributed by atoms with Crippen LogP contribution in [-0.4, -0.2) is 63.4 Å². The fraction of sp³-hybridized carbons (Fsp3) is 0.559. The standard InChI is InChI=1S/C34H42N2O7/c1-5-22-18-34(22,32(40)41)19-28(37)27-16-24(42-29-15-14-21-10-6-9-13-26(21)35-29)20-36(27)31(39)25(33(2,3)4)17-30(38)43-23-11-7-8-12-23/h5-6,9-10,13-15,22-25,27H,1,7-8,11-12,16-20H2,2-4H3,(H,40,41)/t22-,24-,25-,27+,34-/m1/s1. The van der Waals surface area contributed by atoms with Crippen LogP contribution >= 0.6 is 0 Å². The van der Waals surface area contributed by atoms with Crippen LogP contribution in [0.15, 0.2) is 49.1 Å². The SMILES string of the molecule is C=C[C@@H]1C[C@]1(CC(=O)[C@@H]1C[C@@H](Oc2ccc3ccccc3n2)CN1C(=O)[C@@H](CC(=O)OC1CCCC1)C(C)(C)C)C(=O)O. The van der Waals surface area contributed by atoms with Crippen molar-refractivity contribution in [3.8, 4) is 5.88 Å². The zero-order valence-electron chi connectivity index (χ0n) is 25.3. The normalized spacial score (nSPS) is 26.2. The van der Waals surface area contributed by atoms with Crippen LogP contribution < -0.4 is 4.74 Å². The summed E-state index contributed by atoms with van der Waals surface area (Å²) in [6, 6.07) is 10.4. The number of rotatable bonds is 11. The monoisotopic (exact) mass is 590 g/mol. The third-order valence-electron chi connectivity index (χ3n) is 9.43. The van der Waals surface area contributed by atoms with E-state index in [1.807, 2.05) is 51.1 Å². The molecule has 0 unspecified atom stereocenters. The van der Waals surface area contributed by atoms with Crippen molar-refractivity contribution in [3.63, 3.8) is 0 Å². The van der Waals surface area contributed by atoms with E-state index < -0.39 is 40.8 Å². The quantitative estimate of drug-likeness (QED) is 0.274. The van der Waals surface area contributed by atoms with Crippen molar-refractivity contribution in [3.05, 3.63) is 49.1 Å². The number of carbonyl (C=O) groups excluding carboxylic acids is 3. The molecule has 230 valence electrons. The van der Waals surface area contributed by atoms with Crippen LogP contribution in [-0.2, 0) is 23.9 Å². The van der Waals surface area contributed by atoms with E-state index in [4.69, 9.17) is 9.47 Å². The molecule has 3 fully saturated rings. The molecule has 5 rings (SSSR count). The second-order valence-electron chi connectivity index (χ2n) is 13.5. The molecule has 43 heavy (non-hydrogen) atoms. The van der Waals surface area contributed by atoms with Crippen LogP contribution in [0.5, 0.6) is 5.88 Å². The van der Waals surface area contributed by atoms with E-state index in [2.05, 4.69) is 11.6 Å². The van der Waals surface area contributed by atoms with Gasteiger partial charge in [-0.05, 0) is 55.6 Å². The molecular formula is C34H42N2O7. The minimum absolute atomic E-state index is 0.0917. The number of carboxylic acid groups (broad SMARTS) is 1. The lowest BCUT2D eigenvalue weighted by atomic mass is 9.77. The zero-order chi connectivity index (χ0) is 30.9. The number of hydrogen-bond donors (Lipinski definition) is 1. The maximum absolute atomic E-state index is 14.3. The number of pyridine rings is 1. The number of allylic oxidation sites excluding steroid dienone is 1. The molecule has 2 heterocycles. The number of amides is 1. The Hall–Kier alpha value is -3.75. The summed E-state index contributed by atoms with van der Waals surface area (Å²) in [7, 11) is 0. The van der Waals surface area contributed by atoms with E-state index in [0.717, 1.165) is 36.6 Å². The molecule has 3 aliphatic rings. The fourth-order valence-electron chi connectivity index (χ4n) is 6.68. The Bertz CT molecular complexity index is 1410. The smallest absolute Gasteiger partial charge is 0.310 e. The molecule has 2 saturated carbocycles. The van der Waals surface area contributed by atoms with Gasteiger partial charge >= 0.3 is 11.9 Å². The van der Waals surface area contributed by atoms with Gasteiger partial charge in [-0.3, -0.25) is 19.2 Å². The summed E-state index contributed by atoms with van der Waals surface area (Å²) in [5, 5.41) is 10.9. The van der Waals surface area contributed by atoms with Gasteiger partial charge in [-0.25, -0.2) is 4.98 Å². The lowest BCUT2D eigenvalue weighted by Crippen LogP contribution is -2.48. The summed E-state index contributed by atoms with van der Waals surface area (Å²) < 4.78 is 11.9. The Balaban J connectivity index is 1.38. The molecule has 0 radical (unpaired) electrons. The van der Waals surface area contributed by atoms with E-state index in [1.165, 1.54) is 4.90 Å². The highest BCUT2D eigenvalue weighted by Gasteiger charge is 2.61. The number of aliphatic carboxylic acids is 1. The van der Waals surface area contributed by atoms with E-state index in [9.17, 15) is 24.3 Å². The number of nitrogens with zero attached hydrogens (tertiary/aromatic N) is 2. The topological polar surface area (TPSA) is 123 Å². The molecular weight excluding hydrogens is 548 g/mol.